The Labute approximate surface area is 245 Å². The first kappa shape index (κ1) is 28.6. The smallest absolute Gasteiger partial charge is 0.338 e. The maximum Gasteiger partial charge on any atom is 0.338 e. The normalized spacial score (nSPS) is 14.6. The first-order valence-corrected chi connectivity index (χ1v) is 14.0. The van der Waals surface area contributed by atoms with Gasteiger partial charge in [0.15, 0.2) is 4.80 Å². The van der Waals surface area contributed by atoms with E-state index in [0.29, 0.717) is 37.7 Å². The highest BCUT2D eigenvalue weighted by molar-refractivity contribution is 7.07. The lowest BCUT2D eigenvalue weighted by Crippen LogP contribution is -2.40. The number of aromatic carboxylic acids is 1. The maximum absolute atomic E-state index is 14.0. The van der Waals surface area contributed by atoms with Crippen molar-refractivity contribution in [3.05, 3.63) is 126 Å². The number of thiazole rings is 1. The number of nitrogens with zero attached hydrogens (tertiary/aromatic N) is 2. The number of rotatable bonds is 9. The van der Waals surface area contributed by atoms with Crippen molar-refractivity contribution >= 4 is 29.4 Å². The minimum Gasteiger partial charge on any atom is -0.545 e. The van der Waals surface area contributed by atoms with Gasteiger partial charge in [0.1, 0.15) is 24.1 Å². The second kappa shape index (κ2) is 12.3. The van der Waals surface area contributed by atoms with Gasteiger partial charge in [0.2, 0.25) is 0 Å². The number of carboxylic acid groups (broad SMARTS) is 1. The highest BCUT2D eigenvalue weighted by atomic mass is 32.1. The predicted octanol–water partition coefficient (Wildman–Crippen LogP) is 2.75. The molecule has 3 aromatic carbocycles. The molecule has 1 aliphatic rings. The third-order valence-electron chi connectivity index (χ3n) is 6.74. The fourth-order valence-corrected chi connectivity index (χ4v) is 5.79. The number of esters is 1. The molecule has 0 N–H and O–H groups in total. The number of fused-ring (bicyclic) bond motifs is 1. The Bertz CT molecular complexity index is 1870. The van der Waals surface area contributed by atoms with Crippen LogP contribution in [-0.2, 0) is 16.1 Å². The van der Waals surface area contributed by atoms with Crippen LogP contribution in [0.5, 0.6) is 11.5 Å². The number of allylic oxidation sites excluding steroid dienone is 1. The second-order valence-corrected chi connectivity index (χ2v) is 10.4. The topological polar surface area (TPSA) is 119 Å². The number of carbonyl (C=O) groups excluding carboxylic acids is 2. The molecule has 0 fully saturated rings. The number of hydrogen-bond acceptors (Lipinski definition) is 9. The molecular weight excluding hydrogens is 556 g/mol. The molecule has 0 spiro atoms. The molecule has 214 valence electrons. The SMILES string of the molecule is CCOC(=O)C1=C(C)N=c2s/c(=C/c3ccccc3OCc3ccc(C(=O)[O-])cc3)c(=O)n2[C@@H]1c1ccccc1OC. The molecule has 1 aliphatic heterocycles. The molecule has 1 atom stereocenters. The molecule has 2 heterocycles. The fourth-order valence-electron chi connectivity index (χ4n) is 4.75. The Morgan fingerprint density at radius 3 is 2.40 bits per heavy atom. The van der Waals surface area contributed by atoms with Gasteiger partial charge < -0.3 is 24.1 Å². The molecule has 9 nitrogen and oxygen atoms in total. The van der Waals surface area contributed by atoms with Crippen molar-refractivity contribution in [3.63, 3.8) is 0 Å². The van der Waals surface area contributed by atoms with Crippen LogP contribution in [-0.4, -0.2) is 30.2 Å². The molecule has 0 unspecified atom stereocenters. The van der Waals surface area contributed by atoms with Crippen molar-refractivity contribution in [2.75, 3.05) is 13.7 Å². The summed E-state index contributed by atoms with van der Waals surface area (Å²) < 4.78 is 18.9. The quantitative estimate of drug-likeness (QED) is 0.278. The molecule has 0 aliphatic carbocycles. The van der Waals surface area contributed by atoms with Crippen molar-refractivity contribution in [1.82, 2.24) is 4.57 Å². The van der Waals surface area contributed by atoms with Crippen LogP contribution in [0.25, 0.3) is 6.08 Å². The van der Waals surface area contributed by atoms with Crippen LogP contribution in [0, 0.1) is 0 Å². The molecule has 42 heavy (non-hydrogen) atoms. The van der Waals surface area contributed by atoms with Crippen molar-refractivity contribution < 1.29 is 28.9 Å². The predicted molar refractivity (Wildman–Crippen MR) is 155 cm³/mol. The van der Waals surface area contributed by atoms with E-state index in [4.69, 9.17) is 14.2 Å². The van der Waals surface area contributed by atoms with Crippen LogP contribution in [0.4, 0.5) is 0 Å². The zero-order valence-corrected chi connectivity index (χ0v) is 24.0. The van der Waals surface area contributed by atoms with Gasteiger partial charge in [0, 0.05) is 11.1 Å². The Hall–Kier alpha value is -4.96. The molecule has 10 heteroatoms. The van der Waals surface area contributed by atoms with E-state index in [9.17, 15) is 19.5 Å². The number of ether oxygens (including phenoxy) is 3. The molecule has 0 radical (unpaired) electrons. The van der Waals surface area contributed by atoms with Crippen LogP contribution in [0.3, 0.4) is 0 Å². The minimum atomic E-state index is -1.24. The molecule has 0 bridgehead atoms. The summed E-state index contributed by atoms with van der Waals surface area (Å²) in [7, 11) is 1.54. The lowest BCUT2D eigenvalue weighted by Gasteiger charge is -2.25. The molecule has 0 amide bonds. The summed E-state index contributed by atoms with van der Waals surface area (Å²) in [5.74, 6) is -0.723. The van der Waals surface area contributed by atoms with E-state index in [2.05, 4.69) is 4.99 Å². The minimum absolute atomic E-state index is 0.0855. The van der Waals surface area contributed by atoms with Gasteiger partial charge in [-0.25, -0.2) is 9.79 Å². The number of aromatic nitrogens is 1. The standard InChI is InChI=1S/C32H28N2O7S/c1-4-40-31(38)27-19(2)33-32-34(28(27)23-10-6-8-12-25(23)39-3)29(35)26(42-32)17-22-9-5-7-11-24(22)41-18-20-13-15-21(16-14-20)30(36)37/h5-17,28H,4,18H2,1-3H3,(H,36,37)/p-1/b26-17+/t28-/m1/s1. The first-order chi connectivity index (χ1) is 20.3. The molecule has 4 aromatic rings. The van der Waals surface area contributed by atoms with Gasteiger partial charge in [-0.05, 0) is 43.2 Å². The summed E-state index contributed by atoms with van der Waals surface area (Å²) in [6.07, 6.45) is 1.74. The lowest BCUT2D eigenvalue weighted by molar-refractivity contribution is -0.255. The van der Waals surface area contributed by atoms with Crippen molar-refractivity contribution in [3.8, 4) is 11.5 Å². The Balaban J connectivity index is 1.57. The molecule has 0 saturated heterocycles. The van der Waals surface area contributed by atoms with Gasteiger partial charge in [0.25, 0.3) is 5.56 Å². The van der Waals surface area contributed by atoms with Crippen molar-refractivity contribution in [2.24, 2.45) is 4.99 Å². The summed E-state index contributed by atoms with van der Waals surface area (Å²) in [5, 5.41) is 11.0. The number of methoxy groups -OCH3 is 1. The van der Waals surface area contributed by atoms with E-state index < -0.39 is 18.0 Å². The number of benzene rings is 3. The van der Waals surface area contributed by atoms with Crippen LogP contribution in [0.1, 0.15) is 46.9 Å². The van der Waals surface area contributed by atoms with E-state index >= 15 is 0 Å². The maximum atomic E-state index is 14.0. The van der Waals surface area contributed by atoms with Crippen LogP contribution >= 0.6 is 11.3 Å². The number of carboxylic acids is 1. The van der Waals surface area contributed by atoms with Gasteiger partial charge in [0.05, 0.1) is 35.5 Å². The fraction of sp³-hybridized carbons (Fsp3) is 0.188. The number of para-hydroxylation sites is 2. The third kappa shape index (κ3) is 5.61. The molecule has 1 aromatic heterocycles. The number of hydrogen-bond donors (Lipinski definition) is 0. The summed E-state index contributed by atoms with van der Waals surface area (Å²) in [5.41, 5.74) is 2.58. The molecule has 0 saturated carbocycles. The number of carbonyl (C=O) groups is 2. The van der Waals surface area contributed by atoms with Crippen LogP contribution in [0.2, 0.25) is 0 Å². The second-order valence-electron chi connectivity index (χ2n) is 9.36. The zero-order chi connectivity index (χ0) is 29.8. The van der Waals surface area contributed by atoms with Gasteiger partial charge in [-0.15, -0.1) is 0 Å². The van der Waals surface area contributed by atoms with Gasteiger partial charge in [-0.1, -0.05) is 72.0 Å². The van der Waals surface area contributed by atoms with E-state index in [1.54, 1.807) is 44.2 Å². The Morgan fingerprint density at radius 2 is 1.71 bits per heavy atom. The van der Waals surface area contributed by atoms with Gasteiger partial charge >= 0.3 is 5.97 Å². The van der Waals surface area contributed by atoms with E-state index in [1.807, 2.05) is 36.4 Å². The largest absolute Gasteiger partial charge is 0.545 e. The zero-order valence-electron chi connectivity index (χ0n) is 23.2. The highest BCUT2D eigenvalue weighted by Gasteiger charge is 2.35. The lowest BCUT2D eigenvalue weighted by atomic mass is 9.95. The summed E-state index contributed by atoms with van der Waals surface area (Å²) in [4.78, 5) is 43.2. The van der Waals surface area contributed by atoms with E-state index in [0.717, 1.165) is 5.56 Å². The summed E-state index contributed by atoms with van der Waals surface area (Å²) in [6.45, 7) is 3.82. The average molecular weight is 584 g/mol. The van der Waals surface area contributed by atoms with Gasteiger partial charge in [-0.2, -0.15) is 0 Å². The van der Waals surface area contributed by atoms with Gasteiger partial charge in [-0.3, -0.25) is 9.36 Å². The Morgan fingerprint density at radius 1 is 1.02 bits per heavy atom. The van der Waals surface area contributed by atoms with Crippen LogP contribution < -0.4 is 29.5 Å². The Kier molecular flexibility index (Phi) is 8.35. The average Bonchev–Trinajstić information content (AvgIpc) is 3.30. The first-order valence-electron chi connectivity index (χ1n) is 13.2. The molecule has 5 rings (SSSR count). The van der Waals surface area contributed by atoms with E-state index in [1.165, 1.54) is 35.1 Å². The van der Waals surface area contributed by atoms with E-state index in [-0.39, 0.29) is 29.9 Å². The van der Waals surface area contributed by atoms with Crippen molar-refractivity contribution in [2.45, 2.75) is 26.5 Å². The van der Waals surface area contributed by atoms with Crippen LogP contribution in [0.15, 0.2) is 93.9 Å². The monoisotopic (exact) mass is 583 g/mol. The summed E-state index contributed by atoms with van der Waals surface area (Å²) in [6, 6.07) is 20.0. The summed E-state index contributed by atoms with van der Waals surface area (Å²) >= 11 is 1.21. The highest BCUT2D eigenvalue weighted by Crippen LogP contribution is 2.35. The third-order valence-corrected chi connectivity index (χ3v) is 7.72. The molecular formula is C32H27N2O7S-. The van der Waals surface area contributed by atoms with Crippen molar-refractivity contribution in [1.29, 1.82) is 0 Å².